The number of aromatic nitrogens is 3. The molecule has 3 aromatic carbocycles. The number of aryl methyl sites for hydroxylation is 1. The third-order valence-corrected chi connectivity index (χ3v) is 4.92. The number of hydrogen-bond donors (Lipinski definition) is 0. The van der Waals surface area contributed by atoms with E-state index in [1.165, 1.54) is 5.52 Å². The molecule has 0 bridgehead atoms. The molecule has 3 aromatic heterocycles. The van der Waals surface area contributed by atoms with E-state index in [4.69, 9.17) is 9.40 Å². The monoisotopic (exact) mass is 311 g/mol. The van der Waals surface area contributed by atoms with Gasteiger partial charge in [0.25, 0.3) is 0 Å². The number of furan rings is 1. The predicted molar refractivity (Wildman–Crippen MR) is 96.5 cm³/mol. The standard InChI is InChI=1S/C20H13N3O/c1-22-14-7-3-4-8-15(14)23-19-13(21-20(22)23)10-11-17-18(19)12-6-2-5-9-16(12)24-17/h2-11H,1H3. The summed E-state index contributed by atoms with van der Waals surface area (Å²) in [7, 11) is 2.06. The van der Waals surface area contributed by atoms with Crippen molar-refractivity contribution >= 4 is 49.8 Å². The summed E-state index contributed by atoms with van der Waals surface area (Å²) in [6.07, 6.45) is 0. The van der Waals surface area contributed by atoms with Gasteiger partial charge in [-0.2, -0.15) is 0 Å². The van der Waals surface area contributed by atoms with Gasteiger partial charge >= 0.3 is 0 Å². The van der Waals surface area contributed by atoms with Crippen molar-refractivity contribution in [1.82, 2.24) is 14.0 Å². The van der Waals surface area contributed by atoms with Gasteiger partial charge in [0.05, 0.1) is 27.5 Å². The molecule has 6 rings (SSSR count). The molecule has 0 saturated carbocycles. The Kier molecular flexibility index (Phi) is 2.02. The molecule has 0 aliphatic rings. The van der Waals surface area contributed by atoms with Crippen LogP contribution < -0.4 is 0 Å². The minimum atomic E-state index is 0.901. The second kappa shape index (κ2) is 3.97. The van der Waals surface area contributed by atoms with Crippen LogP contribution in [0, 0.1) is 0 Å². The Hall–Kier alpha value is -3.27. The lowest BCUT2D eigenvalue weighted by Gasteiger charge is -1.97. The van der Waals surface area contributed by atoms with E-state index < -0.39 is 0 Å². The topological polar surface area (TPSA) is 35.4 Å². The summed E-state index contributed by atoms with van der Waals surface area (Å²) < 4.78 is 10.4. The third-order valence-electron chi connectivity index (χ3n) is 4.92. The summed E-state index contributed by atoms with van der Waals surface area (Å²) >= 11 is 0. The molecule has 0 N–H and O–H groups in total. The van der Waals surface area contributed by atoms with Gasteiger partial charge in [0.15, 0.2) is 0 Å². The van der Waals surface area contributed by atoms with Gasteiger partial charge in [-0.05, 0) is 30.3 Å². The molecule has 4 heteroatoms. The lowest BCUT2D eigenvalue weighted by atomic mass is 10.1. The van der Waals surface area contributed by atoms with Gasteiger partial charge in [-0.15, -0.1) is 0 Å². The Morgan fingerprint density at radius 1 is 0.833 bits per heavy atom. The van der Waals surface area contributed by atoms with Gasteiger partial charge in [-0.25, -0.2) is 4.98 Å². The minimum absolute atomic E-state index is 0.901. The fourth-order valence-corrected chi connectivity index (χ4v) is 3.86. The van der Waals surface area contributed by atoms with Gasteiger partial charge in [0.2, 0.25) is 5.78 Å². The molecule has 0 aliphatic heterocycles. The largest absolute Gasteiger partial charge is 0.456 e. The van der Waals surface area contributed by atoms with E-state index in [1.54, 1.807) is 0 Å². The Balaban J connectivity index is 2.02. The van der Waals surface area contributed by atoms with Crippen LogP contribution in [0.3, 0.4) is 0 Å². The van der Waals surface area contributed by atoms with Crippen molar-refractivity contribution in [2.75, 3.05) is 0 Å². The smallest absolute Gasteiger partial charge is 0.215 e. The van der Waals surface area contributed by atoms with Crippen LogP contribution in [0.25, 0.3) is 49.8 Å². The quantitative estimate of drug-likeness (QED) is 0.401. The second-order valence-corrected chi connectivity index (χ2v) is 6.20. The Morgan fingerprint density at radius 2 is 1.62 bits per heavy atom. The van der Waals surface area contributed by atoms with Crippen molar-refractivity contribution in [2.24, 2.45) is 7.05 Å². The number of hydrogen-bond acceptors (Lipinski definition) is 2. The SMILES string of the molecule is Cn1c2ccccc2n2c3c(ccc4oc5ccccc5c43)nc12. The van der Waals surface area contributed by atoms with E-state index in [0.29, 0.717) is 0 Å². The van der Waals surface area contributed by atoms with E-state index >= 15 is 0 Å². The van der Waals surface area contributed by atoms with Crippen LogP contribution in [0.15, 0.2) is 65.1 Å². The van der Waals surface area contributed by atoms with Gasteiger partial charge in [-0.1, -0.05) is 30.3 Å². The molecule has 0 aliphatic carbocycles. The summed E-state index contributed by atoms with van der Waals surface area (Å²) in [5, 5.41) is 2.26. The summed E-state index contributed by atoms with van der Waals surface area (Å²) in [4.78, 5) is 4.87. The van der Waals surface area contributed by atoms with Crippen molar-refractivity contribution < 1.29 is 4.42 Å². The molecule has 0 amide bonds. The first-order chi connectivity index (χ1) is 11.8. The van der Waals surface area contributed by atoms with Gasteiger partial charge < -0.3 is 8.98 Å². The second-order valence-electron chi connectivity index (χ2n) is 6.20. The number of para-hydroxylation sites is 3. The average molecular weight is 311 g/mol. The minimum Gasteiger partial charge on any atom is -0.456 e. The van der Waals surface area contributed by atoms with E-state index in [1.807, 2.05) is 24.3 Å². The van der Waals surface area contributed by atoms with Crippen LogP contribution in [0.5, 0.6) is 0 Å². The summed E-state index contributed by atoms with van der Waals surface area (Å²) in [6, 6.07) is 20.7. The van der Waals surface area contributed by atoms with Crippen LogP contribution in [0.4, 0.5) is 0 Å². The van der Waals surface area contributed by atoms with Crippen molar-refractivity contribution in [3.8, 4) is 0 Å². The first-order valence-electron chi connectivity index (χ1n) is 7.99. The first kappa shape index (κ1) is 12.2. The van der Waals surface area contributed by atoms with Gasteiger partial charge in [0, 0.05) is 12.4 Å². The molecule has 4 nitrogen and oxygen atoms in total. The predicted octanol–water partition coefficient (Wildman–Crippen LogP) is 4.88. The molecule has 0 fully saturated rings. The van der Waals surface area contributed by atoms with E-state index in [9.17, 15) is 0 Å². The highest BCUT2D eigenvalue weighted by Crippen LogP contribution is 2.36. The molecule has 0 atom stereocenters. The zero-order valence-corrected chi connectivity index (χ0v) is 13.0. The molecule has 0 unspecified atom stereocenters. The van der Waals surface area contributed by atoms with Crippen molar-refractivity contribution in [1.29, 1.82) is 0 Å². The fourth-order valence-electron chi connectivity index (χ4n) is 3.86. The van der Waals surface area contributed by atoms with Crippen LogP contribution in [-0.2, 0) is 7.05 Å². The third kappa shape index (κ3) is 1.28. The highest BCUT2D eigenvalue weighted by atomic mass is 16.3. The zero-order valence-electron chi connectivity index (χ0n) is 13.0. The normalized spacial score (nSPS) is 12.4. The molecular weight excluding hydrogens is 298 g/mol. The van der Waals surface area contributed by atoms with Gasteiger partial charge in [0.1, 0.15) is 11.2 Å². The summed E-state index contributed by atoms with van der Waals surface area (Å²) in [6.45, 7) is 0. The highest BCUT2D eigenvalue weighted by molar-refractivity contribution is 6.18. The molecule has 6 aromatic rings. The zero-order chi connectivity index (χ0) is 15.8. The number of benzene rings is 3. The van der Waals surface area contributed by atoms with E-state index in [2.05, 4.69) is 52.4 Å². The van der Waals surface area contributed by atoms with Crippen molar-refractivity contribution in [3.63, 3.8) is 0 Å². The first-order valence-corrected chi connectivity index (χ1v) is 7.99. The van der Waals surface area contributed by atoms with Crippen molar-refractivity contribution in [2.45, 2.75) is 0 Å². The lowest BCUT2D eigenvalue weighted by Crippen LogP contribution is -1.87. The number of fused-ring (bicyclic) bond motifs is 9. The lowest BCUT2D eigenvalue weighted by molar-refractivity contribution is 0.669. The molecule has 114 valence electrons. The Morgan fingerprint density at radius 3 is 2.54 bits per heavy atom. The molecule has 0 saturated heterocycles. The molecular formula is C20H13N3O. The summed E-state index contributed by atoms with van der Waals surface area (Å²) in [5.41, 5.74) is 6.25. The maximum atomic E-state index is 6.05. The van der Waals surface area contributed by atoms with Crippen LogP contribution in [-0.4, -0.2) is 14.0 Å². The maximum absolute atomic E-state index is 6.05. The number of nitrogens with zero attached hydrogens (tertiary/aromatic N) is 3. The van der Waals surface area contributed by atoms with E-state index in [-0.39, 0.29) is 0 Å². The Bertz CT molecular complexity index is 1410. The van der Waals surface area contributed by atoms with E-state index in [0.717, 1.165) is 44.3 Å². The molecule has 0 spiro atoms. The van der Waals surface area contributed by atoms with Crippen LogP contribution >= 0.6 is 0 Å². The number of rotatable bonds is 0. The van der Waals surface area contributed by atoms with Crippen LogP contribution in [0.1, 0.15) is 0 Å². The van der Waals surface area contributed by atoms with Crippen molar-refractivity contribution in [3.05, 3.63) is 60.7 Å². The number of imidazole rings is 2. The van der Waals surface area contributed by atoms with Gasteiger partial charge in [-0.3, -0.25) is 4.40 Å². The molecule has 0 radical (unpaired) electrons. The molecule has 3 heterocycles. The Labute approximate surface area is 136 Å². The fraction of sp³-hybridized carbons (Fsp3) is 0.0500. The molecule has 24 heavy (non-hydrogen) atoms. The average Bonchev–Trinajstić information content (AvgIpc) is 3.25. The summed E-state index contributed by atoms with van der Waals surface area (Å²) in [5.74, 6) is 0.948. The maximum Gasteiger partial charge on any atom is 0.215 e. The van der Waals surface area contributed by atoms with Crippen LogP contribution in [0.2, 0.25) is 0 Å². The highest BCUT2D eigenvalue weighted by Gasteiger charge is 2.18.